The van der Waals surface area contributed by atoms with Crippen molar-refractivity contribution in [1.29, 1.82) is 0 Å². The molecule has 17 heavy (non-hydrogen) atoms. The third-order valence-electron chi connectivity index (χ3n) is 2.25. The van der Waals surface area contributed by atoms with Crippen LogP contribution in [-0.4, -0.2) is 24.6 Å². The van der Waals surface area contributed by atoms with E-state index < -0.39 is 0 Å². The highest BCUT2D eigenvalue weighted by Gasteiger charge is 2.13. The molecule has 0 aliphatic carbocycles. The predicted octanol–water partition coefficient (Wildman–Crippen LogP) is 2.60. The molecule has 0 bridgehead atoms. The van der Waals surface area contributed by atoms with E-state index in [1.165, 1.54) is 0 Å². The number of fused-ring (bicyclic) bond motifs is 1. The highest BCUT2D eigenvalue weighted by molar-refractivity contribution is 9.10. The summed E-state index contributed by atoms with van der Waals surface area (Å²) in [5.41, 5.74) is 1.23. The third kappa shape index (κ3) is 1.69. The molecule has 0 saturated carbocycles. The first-order chi connectivity index (χ1) is 8.27. The predicted molar refractivity (Wildman–Crippen MR) is 66.7 cm³/mol. The van der Waals surface area contributed by atoms with Crippen LogP contribution < -0.4 is 0 Å². The lowest BCUT2D eigenvalue weighted by Crippen LogP contribution is -1.93. The molecule has 0 aliphatic heterocycles. The van der Waals surface area contributed by atoms with Crippen LogP contribution in [-0.2, 0) is 0 Å². The molecule has 0 unspecified atom stereocenters. The van der Waals surface area contributed by atoms with Crippen LogP contribution in [0.4, 0.5) is 0 Å². The van der Waals surface area contributed by atoms with Gasteiger partial charge < -0.3 is 0 Å². The smallest absolute Gasteiger partial charge is 0.198 e. The van der Waals surface area contributed by atoms with Crippen molar-refractivity contribution < 1.29 is 0 Å². The molecule has 0 radical (unpaired) electrons. The maximum absolute atomic E-state index is 5.93. The second-order valence-corrected chi connectivity index (χ2v) is 4.48. The molecule has 0 aliphatic rings. The van der Waals surface area contributed by atoms with Gasteiger partial charge in [-0.3, -0.25) is 9.38 Å². The van der Waals surface area contributed by atoms with Crippen LogP contribution in [0.5, 0.6) is 0 Å². The standard InChI is InChI=1S/C10H5BrClN5/c11-6-2-1-3-13-7(6)9-15-16-10-8(12)14-4-5-17(9)10/h1-5H. The normalized spacial score (nSPS) is 10.9. The van der Waals surface area contributed by atoms with Crippen molar-refractivity contribution in [1.82, 2.24) is 24.6 Å². The van der Waals surface area contributed by atoms with E-state index in [1.54, 1.807) is 23.0 Å². The van der Waals surface area contributed by atoms with Crippen LogP contribution in [0.3, 0.4) is 0 Å². The van der Waals surface area contributed by atoms with E-state index >= 15 is 0 Å². The molecule has 0 saturated heterocycles. The fourth-order valence-electron chi connectivity index (χ4n) is 1.51. The number of hydrogen-bond donors (Lipinski definition) is 0. The van der Waals surface area contributed by atoms with E-state index in [1.807, 2.05) is 12.1 Å². The summed E-state index contributed by atoms with van der Waals surface area (Å²) >= 11 is 9.36. The number of rotatable bonds is 1. The molecule has 7 heteroatoms. The maximum Gasteiger partial charge on any atom is 0.198 e. The molecule has 3 aromatic rings. The molecule has 0 N–H and O–H groups in total. The highest BCUT2D eigenvalue weighted by atomic mass is 79.9. The quantitative estimate of drug-likeness (QED) is 0.693. The number of aromatic nitrogens is 5. The number of pyridine rings is 1. The molecular weight excluding hydrogens is 306 g/mol. The number of hydrogen-bond acceptors (Lipinski definition) is 4. The molecule has 3 rings (SSSR count). The monoisotopic (exact) mass is 309 g/mol. The minimum absolute atomic E-state index is 0.318. The molecular formula is C10H5BrClN5. The summed E-state index contributed by atoms with van der Waals surface area (Å²) in [5.74, 6) is 0.622. The topological polar surface area (TPSA) is 56.0 Å². The number of nitrogens with zero attached hydrogens (tertiary/aromatic N) is 5. The van der Waals surface area contributed by atoms with Gasteiger partial charge in [0, 0.05) is 23.1 Å². The Kier molecular flexibility index (Phi) is 2.53. The summed E-state index contributed by atoms with van der Waals surface area (Å²) in [5, 5.41) is 8.39. The third-order valence-corrected chi connectivity index (χ3v) is 3.16. The van der Waals surface area contributed by atoms with Crippen LogP contribution in [0.25, 0.3) is 17.2 Å². The van der Waals surface area contributed by atoms with Crippen molar-refractivity contribution in [2.45, 2.75) is 0 Å². The lowest BCUT2D eigenvalue weighted by molar-refractivity contribution is 1.08. The summed E-state index contributed by atoms with van der Waals surface area (Å²) in [7, 11) is 0. The van der Waals surface area contributed by atoms with Crippen molar-refractivity contribution in [3.63, 3.8) is 0 Å². The van der Waals surface area contributed by atoms with Crippen LogP contribution in [0, 0.1) is 0 Å². The van der Waals surface area contributed by atoms with Crippen LogP contribution in [0.1, 0.15) is 0 Å². The van der Waals surface area contributed by atoms with Gasteiger partial charge in [0.05, 0.1) is 0 Å². The van der Waals surface area contributed by atoms with Gasteiger partial charge in [-0.15, -0.1) is 10.2 Å². The van der Waals surface area contributed by atoms with E-state index in [0.717, 1.165) is 4.47 Å². The first-order valence-electron chi connectivity index (χ1n) is 4.73. The minimum atomic E-state index is 0.318. The van der Waals surface area contributed by atoms with Gasteiger partial charge in [0.1, 0.15) is 5.69 Å². The molecule has 0 amide bonds. The summed E-state index contributed by atoms with van der Waals surface area (Å²) in [4.78, 5) is 8.21. The van der Waals surface area contributed by atoms with Crippen LogP contribution in [0.15, 0.2) is 35.2 Å². The van der Waals surface area contributed by atoms with Gasteiger partial charge in [-0.05, 0) is 28.1 Å². The van der Waals surface area contributed by atoms with E-state index in [-0.39, 0.29) is 0 Å². The van der Waals surface area contributed by atoms with Crippen molar-refractivity contribution >= 4 is 33.2 Å². The first kappa shape index (κ1) is 10.6. The van der Waals surface area contributed by atoms with Gasteiger partial charge in [0.15, 0.2) is 16.6 Å². The fraction of sp³-hybridized carbons (Fsp3) is 0. The van der Waals surface area contributed by atoms with Crippen molar-refractivity contribution in [3.8, 4) is 11.5 Å². The largest absolute Gasteiger partial charge is 0.277 e. The van der Waals surface area contributed by atoms with E-state index in [0.29, 0.717) is 22.3 Å². The molecule has 3 heterocycles. The second kappa shape index (κ2) is 4.05. The Labute approximate surface area is 110 Å². The summed E-state index contributed by atoms with van der Waals surface area (Å²) < 4.78 is 2.60. The maximum atomic E-state index is 5.93. The molecule has 0 fully saturated rings. The molecule has 3 aromatic heterocycles. The molecule has 5 nitrogen and oxygen atoms in total. The van der Waals surface area contributed by atoms with Crippen molar-refractivity contribution in [2.24, 2.45) is 0 Å². The first-order valence-corrected chi connectivity index (χ1v) is 5.90. The Morgan fingerprint density at radius 1 is 1.18 bits per heavy atom. The van der Waals surface area contributed by atoms with E-state index in [2.05, 4.69) is 36.1 Å². The summed E-state index contributed by atoms with van der Waals surface area (Å²) in [6.45, 7) is 0. The molecule has 84 valence electrons. The van der Waals surface area contributed by atoms with E-state index in [4.69, 9.17) is 11.6 Å². The van der Waals surface area contributed by atoms with Gasteiger partial charge in [0.25, 0.3) is 0 Å². The Hall–Kier alpha value is -1.53. The SMILES string of the molecule is Clc1nccn2c(-c3ncccc3Br)nnc12. The average molecular weight is 311 g/mol. The average Bonchev–Trinajstić information content (AvgIpc) is 2.75. The zero-order chi connectivity index (χ0) is 11.8. The van der Waals surface area contributed by atoms with Crippen molar-refractivity contribution in [2.75, 3.05) is 0 Å². The zero-order valence-corrected chi connectivity index (χ0v) is 10.7. The summed E-state index contributed by atoms with van der Waals surface area (Å²) in [6, 6.07) is 3.73. The molecule has 0 aromatic carbocycles. The Morgan fingerprint density at radius 2 is 2.06 bits per heavy atom. The molecule has 0 spiro atoms. The zero-order valence-electron chi connectivity index (χ0n) is 8.38. The minimum Gasteiger partial charge on any atom is -0.277 e. The summed E-state index contributed by atoms with van der Waals surface area (Å²) in [6.07, 6.45) is 5.04. The van der Waals surface area contributed by atoms with Crippen LogP contribution in [0.2, 0.25) is 5.15 Å². The fourth-order valence-corrected chi connectivity index (χ4v) is 2.13. The lowest BCUT2D eigenvalue weighted by Gasteiger charge is -2.01. The lowest BCUT2D eigenvalue weighted by atomic mass is 10.3. The van der Waals surface area contributed by atoms with Gasteiger partial charge in [-0.25, -0.2) is 4.98 Å². The Bertz CT molecular complexity index is 696. The highest BCUT2D eigenvalue weighted by Crippen LogP contribution is 2.25. The van der Waals surface area contributed by atoms with Gasteiger partial charge >= 0.3 is 0 Å². The number of halogens is 2. The van der Waals surface area contributed by atoms with Crippen LogP contribution >= 0.6 is 27.5 Å². The van der Waals surface area contributed by atoms with Crippen molar-refractivity contribution in [3.05, 3.63) is 40.3 Å². The second-order valence-electron chi connectivity index (χ2n) is 3.27. The molecule has 0 atom stereocenters. The van der Waals surface area contributed by atoms with Gasteiger partial charge in [-0.2, -0.15) is 0 Å². The Morgan fingerprint density at radius 3 is 2.88 bits per heavy atom. The van der Waals surface area contributed by atoms with E-state index in [9.17, 15) is 0 Å². The Balaban J connectivity index is 2.33. The van der Waals surface area contributed by atoms with Gasteiger partial charge in [-0.1, -0.05) is 11.6 Å². The van der Waals surface area contributed by atoms with Gasteiger partial charge in [0.2, 0.25) is 0 Å².